The summed E-state index contributed by atoms with van der Waals surface area (Å²) in [5.74, 6) is -0.293. The number of urea groups is 1. The normalized spacial score (nSPS) is 23.3. The highest BCUT2D eigenvalue weighted by Crippen LogP contribution is 2.31. The van der Waals surface area contributed by atoms with Gasteiger partial charge >= 0.3 is 6.03 Å². The van der Waals surface area contributed by atoms with E-state index < -0.39 is 11.6 Å². The molecule has 1 fully saturated rings. The molecule has 0 aromatic heterocycles. The Kier molecular flexibility index (Phi) is 2.04. The van der Waals surface area contributed by atoms with Crippen LogP contribution in [-0.4, -0.2) is 25.0 Å². The first-order valence-corrected chi connectivity index (χ1v) is 4.19. The fraction of sp³-hybridized carbons (Fsp3) is 0.600. The van der Waals surface area contributed by atoms with E-state index >= 15 is 0 Å². The Balaban J connectivity index is 3.06. The van der Waals surface area contributed by atoms with E-state index in [0.717, 1.165) is 7.53 Å². The van der Waals surface area contributed by atoms with E-state index in [1.807, 2.05) is 0 Å². The van der Waals surface area contributed by atoms with E-state index in [0.29, 0.717) is 0 Å². The van der Waals surface area contributed by atoms with Gasteiger partial charge < -0.3 is 0 Å². The first-order chi connectivity index (χ1) is 4.89. The number of amides is 3. The maximum Gasteiger partial charge on any atom is 0.351 e. The topological polar surface area (TPSA) is 40.6 Å². The third kappa shape index (κ3) is 1.10. The molecule has 62 valence electrons. The van der Waals surface area contributed by atoms with E-state index in [2.05, 4.69) is 0 Å². The average Bonchev–Trinajstić information content (AvgIpc) is 2.06. The predicted octanol–water partition coefficient (Wildman–Crippen LogP) is 1.53. The number of halogens is 2. The summed E-state index contributed by atoms with van der Waals surface area (Å²) in [4.78, 5) is 22.2. The fourth-order valence-electron chi connectivity index (χ4n) is 0.727. The van der Waals surface area contributed by atoms with Gasteiger partial charge in [0.15, 0.2) is 0 Å². The van der Waals surface area contributed by atoms with E-state index in [4.69, 9.17) is 11.8 Å². The van der Waals surface area contributed by atoms with Crippen molar-refractivity contribution < 1.29 is 9.59 Å². The monoisotopic (exact) mass is 288 g/mol. The lowest BCUT2D eigenvalue weighted by Crippen LogP contribution is -2.38. The van der Waals surface area contributed by atoms with Crippen LogP contribution in [0.2, 0.25) is 0 Å². The van der Waals surface area contributed by atoms with E-state index in [1.165, 1.54) is 0 Å². The Bertz CT molecular complexity index is 231. The van der Waals surface area contributed by atoms with Crippen molar-refractivity contribution in [2.45, 2.75) is 19.4 Å². The van der Waals surface area contributed by atoms with E-state index in [1.54, 1.807) is 36.7 Å². The van der Waals surface area contributed by atoms with Crippen LogP contribution in [0.3, 0.4) is 0 Å². The summed E-state index contributed by atoms with van der Waals surface area (Å²) >= 11 is 7.19. The standard InChI is InChI=1S/C5H6ClIN2O2/c1-5(2)3(10)8(7)4(11)9(5)6/h1-2H3. The summed E-state index contributed by atoms with van der Waals surface area (Å²) in [7, 11) is 0. The minimum absolute atomic E-state index is 0.293. The molecule has 0 unspecified atom stereocenters. The molecule has 11 heavy (non-hydrogen) atoms. The molecular formula is C5H6ClIN2O2. The van der Waals surface area contributed by atoms with Crippen molar-refractivity contribution in [2.75, 3.05) is 0 Å². The summed E-state index contributed by atoms with van der Waals surface area (Å²) in [5, 5.41) is 0. The highest BCUT2D eigenvalue weighted by Gasteiger charge is 2.50. The van der Waals surface area contributed by atoms with Crippen LogP contribution < -0.4 is 0 Å². The summed E-state index contributed by atoms with van der Waals surface area (Å²) in [6, 6.07) is -0.484. The predicted molar refractivity (Wildman–Crippen MR) is 48.0 cm³/mol. The van der Waals surface area contributed by atoms with Crippen LogP contribution in [0.5, 0.6) is 0 Å². The molecule has 4 nitrogen and oxygen atoms in total. The van der Waals surface area contributed by atoms with Crippen molar-refractivity contribution in [1.29, 1.82) is 0 Å². The first kappa shape index (κ1) is 9.05. The molecule has 3 amide bonds. The Morgan fingerprint density at radius 3 is 2.00 bits per heavy atom. The van der Waals surface area contributed by atoms with Gasteiger partial charge in [-0.25, -0.2) is 9.21 Å². The van der Waals surface area contributed by atoms with Gasteiger partial charge in [0.1, 0.15) is 5.54 Å². The Hall–Kier alpha value is -0.0400. The Labute approximate surface area is 83.1 Å². The van der Waals surface area contributed by atoms with Crippen LogP contribution in [0.25, 0.3) is 0 Å². The van der Waals surface area contributed by atoms with Crippen LogP contribution >= 0.6 is 34.6 Å². The highest BCUT2D eigenvalue weighted by molar-refractivity contribution is 14.1. The number of hydrogen-bond acceptors (Lipinski definition) is 2. The molecule has 0 saturated carbocycles. The number of carbonyl (C=O) groups is 2. The molecule has 0 radical (unpaired) electrons. The zero-order valence-corrected chi connectivity index (χ0v) is 8.88. The fourth-order valence-corrected chi connectivity index (χ4v) is 1.81. The minimum atomic E-state index is -0.917. The molecule has 0 atom stereocenters. The second kappa shape index (κ2) is 2.48. The van der Waals surface area contributed by atoms with Gasteiger partial charge in [0.25, 0.3) is 5.91 Å². The van der Waals surface area contributed by atoms with Crippen molar-refractivity contribution in [1.82, 2.24) is 7.53 Å². The zero-order valence-electron chi connectivity index (χ0n) is 5.97. The quantitative estimate of drug-likeness (QED) is 0.385. The van der Waals surface area contributed by atoms with Gasteiger partial charge in [0.05, 0.1) is 22.9 Å². The molecule has 0 aliphatic carbocycles. The zero-order chi connectivity index (χ0) is 8.81. The lowest BCUT2D eigenvalue weighted by Gasteiger charge is -2.18. The molecule has 6 heteroatoms. The molecule has 1 aliphatic rings. The van der Waals surface area contributed by atoms with Crippen molar-refractivity contribution >= 4 is 46.6 Å². The Morgan fingerprint density at radius 1 is 1.45 bits per heavy atom. The third-order valence-corrected chi connectivity index (χ3v) is 2.95. The van der Waals surface area contributed by atoms with Gasteiger partial charge in [-0.1, -0.05) is 0 Å². The highest BCUT2D eigenvalue weighted by atomic mass is 127. The molecule has 0 N–H and O–H groups in total. The molecule has 1 saturated heterocycles. The van der Waals surface area contributed by atoms with Gasteiger partial charge in [0.2, 0.25) is 0 Å². The van der Waals surface area contributed by atoms with Gasteiger partial charge in [-0.05, 0) is 13.8 Å². The molecular weight excluding hydrogens is 282 g/mol. The maximum absolute atomic E-state index is 11.2. The lowest BCUT2D eigenvalue weighted by atomic mass is 10.1. The van der Waals surface area contributed by atoms with Gasteiger partial charge in [0, 0.05) is 11.8 Å². The third-order valence-electron chi connectivity index (χ3n) is 1.53. The number of hydrogen-bond donors (Lipinski definition) is 0. The second-order valence-electron chi connectivity index (χ2n) is 2.71. The summed E-state index contributed by atoms with van der Waals surface area (Å²) < 4.78 is 1.88. The van der Waals surface area contributed by atoms with Crippen LogP contribution in [0.15, 0.2) is 0 Å². The lowest BCUT2D eigenvalue weighted by molar-refractivity contribution is -0.126. The van der Waals surface area contributed by atoms with Gasteiger partial charge in [-0.3, -0.25) is 4.79 Å². The molecule has 1 aliphatic heterocycles. The van der Waals surface area contributed by atoms with Crippen LogP contribution in [0, 0.1) is 0 Å². The molecule has 0 spiro atoms. The number of carbonyl (C=O) groups excluding carboxylic acids is 2. The van der Waals surface area contributed by atoms with Crippen LogP contribution in [0.1, 0.15) is 13.8 Å². The van der Waals surface area contributed by atoms with Crippen LogP contribution in [-0.2, 0) is 4.79 Å². The van der Waals surface area contributed by atoms with Crippen molar-refractivity contribution in [3.8, 4) is 0 Å². The van der Waals surface area contributed by atoms with Crippen molar-refractivity contribution in [3.05, 3.63) is 0 Å². The van der Waals surface area contributed by atoms with Crippen molar-refractivity contribution in [2.24, 2.45) is 0 Å². The Morgan fingerprint density at radius 2 is 1.91 bits per heavy atom. The molecule has 0 aromatic carbocycles. The second-order valence-corrected chi connectivity index (χ2v) is 4.01. The van der Waals surface area contributed by atoms with Crippen molar-refractivity contribution in [3.63, 3.8) is 0 Å². The van der Waals surface area contributed by atoms with E-state index in [-0.39, 0.29) is 5.91 Å². The number of rotatable bonds is 0. The number of imide groups is 1. The SMILES string of the molecule is CC1(C)C(=O)N(I)C(=O)N1Cl. The summed E-state index contributed by atoms with van der Waals surface area (Å²) in [6.45, 7) is 3.19. The molecule has 0 bridgehead atoms. The smallest absolute Gasteiger partial charge is 0.271 e. The summed E-state index contributed by atoms with van der Waals surface area (Å²) in [5.41, 5.74) is -0.917. The molecule has 0 aromatic rings. The van der Waals surface area contributed by atoms with Gasteiger partial charge in [-0.2, -0.15) is 3.11 Å². The molecule has 1 rings (SSSR count). The largest absolute Gasteiger partial charge is 0.351 e. The van der Waals surface area contributed by atoms with E-state index in [9.17, 15) is 9.59 Å². The minimum Gasteiger partial charge on any atom is -0.271 e. The number of nitrogens with zero attached hydrogens (tertiary/aromatic N) is 2. The maximum atomic E-state index is 11.2. The molecule has 1 heterocycles. The summed E-state index contributed by atoms with van der Waals surface area (Å²) in [6.07, 6.45) is 0. The first-order valence-electron chi connectivity index (χ1n) is 2.89. The average molecular weight is 288 g/mol. The van der Waals surface area contributed by atoms with Gasteiger partial charge in [-0.15, -0.1) is 0 Å². The van der Waals surface area contributed by atoms with Crippen LogP contribution in [0.4, 0.5) is 4.79 Å².